The second kappa shape index (κ2) is 9.01. The van der Waals surface area contributed by atoms with Crippen LogP contribution in [0.3, 0.4) is 0 Å². The molecule has 0 radical (unpaired) electrons. The highest BCUT2D eigenvalue weighted by Crippen LogP contribution is 2.47. The van der Waals surface area contributed by atoms with Gasteiger partial charge in [-0.1, -0.05) is 29.0 Å². The van der Waals surface area contributed by atoms with Gasteiger partial charge in [-0.15, -0.1) is 0 Å². The van der Waals surface area contributed by atoms with Gasteiger partial charge in [-0.25, -0.2) is 24.1 Å². The fourth-order valence-corrected chi connectivity index (χ4v) is 4.95. The number of aromatic nitrogens is 2. The van der Waals surface area contributed by atoms with Gasteiger partial charge in [-0.3, -0.25) is 4.79 Å². The molecule has 2 aromatic carbocycles. The molecule has 5 rings (SSSR count). The highest BCUT2D eigenvalue weighted by molar-refractivity contribution is 7.23. The van der Waals surface area contributed by atoms with Crippen molar-refractivity contribution in [2.75, 3.05) is 29.8 Å². The van der Waals surface area contributed by atoms with Crippen LogP contribution < -0.4 is 25.0 Å². The Kier molecular flexibility index (Phi) is 5.87. The first-order valence-corrected chi connectivity index (χ1v) is 11.4. The van der Waals surface area contributed by atoms with Crippen LogP contribution >= 0.6 is 22.9 Å². The second-order valence-electron chi connectivity index (χ2n) is 7.46. The Bertz CT molecular complexity index is 1490. The lowest BCUT2D eigenvalue weighted by molar-refractivity contribution is -0.115. The van der Waals surface area contributed by atoms with Gasteiger partial charge < -0.3 is 20.1 Å². The highest BCUT2D eigenvalue weighted by atomic mass is 35.5. The van der Waals surface area contributed by atoms with Crippen molar-refractivity contribution in [3.8, 4) is 11.5 Å². The van der Waals surface area contributed by atoms with Crippen molar-refractivity contribution in [1.82, 2.24) is 9.97 Å². The third-order valence-electron chi connectivity index (χ3n) is 5.34. The lowest BCUT2D eigenvalue weighted by Gasteiger charge is -2.27. The molecule has 1 aliphatic rings. The lowest BCUT2D eigenvalue weighted by atomic mass is 10.1. The summed E-state index contributed by atoms with van der Waals surface area (Å²) < 4.78 is 24.2. The van der Waals surface area contributed by atoms with Crippen LogP contribution in [0.2, 0.25) is 5.02 Å². The third-order valence-corrected chi connectivity index (χ3v) is 6.64. The van der Waals surface area contributed by atoms with E-state index in [1.807, 2.05) is 0 Å². The first kappa shape index (κ1) is 22.8. The molecule has 0 atom stereocenters. The van der Waals surface area contributed by atoms with E-state index in [1.54, 1.807) is 18.2 Å². The van der Waals surface area contributed by atoms with E-state index in [-0.39, 0.29) is 17.4 Å². The summed E-state index contributed by atoms with van der Waals surface area (Å²) in [4.78, 5) is 36.3. The summed E-state index contributed by atoms with van der Waals surface area (Å²) in [6.07, 6.45) is 1.39. The molecule has 9 nitrogen and oxygen atoms in total. The molecule has 4 aromatic rings. The number of thiophene rings is 1. The van der Waals surface area contributed by atoms with Crippen LogP contribution in [0.5, 0.6) is 11.5 Å². The van der Waals surface area contributed by atoms with E-state index in [2.05, 4.69) is 20.6 Å². The van der Waals surface area contributed by atoms with Gasteiger partial charge in [0, 0.05) is 0 Å². The van der Waals surface area contributed by atoms with Crippen LogP contribution in [0, 0.1) is 5.82 Å². The number of nitrogens with zero attached hydrogens (tertiary/aromatic N) is 3. The van der Waals surface area contributed by atoms with Crippen molar-refractivity contribution in [2.24, 2.45) is 0 Å². The number of hydrogen-bond acceptors (Lipinski definition) is 7. The van der Waals surface area contributed by atoms with E-state index < -0.39 is 11.8 Å². The van der Waals surface area contributed by atoms with Crippen molar-refractivity contribution in [3.05, 3.63) is 59.1 Å². The number of benzene rings is 2. The van der Waals surface area contributed by atoms with Gasteiger partial charge in [-0.2, -0.15) is 0 Å². The summed E-state index contributed by atoms with van der Waals surface area (Å²) >= 11 is 7.13. The average molecular weight is 514 g/mol. The van der Waals surface area contributed by atoms with Crippen LogP contribution in [-0.2, 0) is 11.2 Å². The molecule has 3 heterocycles. The number of methoxy groups -OCH3 is 2. The molecular formula is C23H17ClFN5O4S. The monoisotopic (exact) mass is 513 g/mol. The lowest BCUT2D eigenvalue weighted by Crippen LogP contribution is -2.34. The summed E-state index contributed by atoms with van der Waals surface area (Å²) in [7, 11) is 3.06. The first-order chi connectivity index (χ1) is 16.9. The van der Waals surface area contributed by atoms with Crippen molar-refractivity contribution in [2.45, 2.75) is 6.42 Å². The quantitative estimate of drug-likeness (QED) is 0.359. The van der Waals surface area contributed by atoms with Crippen LogP contribution in [0.25, 0.3) is 10.2 Å². The average Bonchev–Trinajstić information content (AvgIpc) is 3.18. The zero-order valence-electron chi connectivity index (χ0n) is 18.4. The number of rotatable bonds is 6. The normalized spacial score (nSPS) is 12.5. The van der Waals surface area contributed by atoms with Gasteiger partial charge in [0.2, 0.25) is 5.91 Å². The Hall–Kier alpha value is -3.96. The molecule has 0 fully saturated rings. The number of nitrogens with one attached hydrogen (secondary N) is 2. The molecule has 2 N–H and O–H groups in total. The Morgan fingerprint density at radius 3 is 2.71 bits per heavy atom. The van der Waals surface area contributed by atoms with E-state index in [0.29, 0.717) is 43.9 Å². The fraction of sp³-hybridized carbons (Fsp3) is 0.130. The van der Waals surface area contributed by atoms with Crippen LogP contribution in [0.4, 0.5) is 31.4 Å². The molecule has 0 unspecified atom stereocenters. The second-order valence-corrected chi connectivity index (χ2v) is 8.87. The molecule has 0 saturated heterocycles. The number of carbonyl (C=O) groups excluding carboxylic acids is 2. The number of ether oxygens (including phenoxy) is 2. The van der Waals surface area contributed by atoms with Gasteiger partial charge in [0.15, 0.2) is 17.3 Å². The number of hydrogen-bond donors (Lipinski definition) is 2. The van der Waals surface area contributed by atoms with E-state index in [9.17, 15) is 14.0 Å². The van der Waals surface area contributed by atoms with E-state index in [1.165, 1.54) is 55.0 Å². The van der Waals surface area contributed by atoms with E-state index >= 15 is 0 Å². The largest absolute Gasteiger partial charge is 0.493 e. The maximum absolute atomic E-state index is 13.7. The van der Waals surface area contributed by atoms with Crippen molar-refractivity contribution in [3.63, 3.8) is 0 Å². The predicted molar refractivity (Wildman–Crippen MR) is 132 cm³/mol. The number of anilines is 4. The molecule has 3 amide bonds. The molecule has 1 aliphatic heterocycles. The topological polar surface area (TPSA) is 106 Å². The summed E-state index contributed by atoms with van der Waals surface area (Å²) in [6.45, 7) is 0. The minimum absolute atomic E-state index is 0.0702. The van der Waals surface area contributed by atoms with Crippen LogP contribution in [0.15, 0.2) is 42.7 Å². The summed E-state index contributed by atoms with van der Waals surface area (Å²) in [5, 5.41) is 6.50. The van der Waals surface area contributed by atoms with Gasteiger partial charge in [-0.05, 0) is 35.9 Å². The maximum atomic E-state index is 13.7. The smallest absolute Gasteiger partial charge is 0.332 e. The summed E-state index contributed by atoms with van der Waals surface area (Å²) in [5.41, 5.74) is 1.46. The van der Waals surface area contributed by atoms with Crippen LogP contribution in [0.1, 0.15) is 5.56 Å². The van der Waals surface area contributed by atoms with E-state index in [0.717, 1.165) is 5.56 Å². The standard InChI is InChI=1S/C23H17ClFN5O4S/c1-33-15-6-3-11(7-16(15)34-2)8-17(31)28-22-19-18-20(26-10-27-21(18)35-22)30(23(32)29-19)12-4-5-14(25)13(24)9-12/h3-7,9-10H,8H2,1-2H3,(H,28,31)(H,29,32). The molecule has 0 saturated carbocycles. The van der Waals surface area contributed by atoms with E-state index in [4.69, 9.17) is 21.1 Å². The van der Waals surface area contributed by atoms with Gasteiger partial charge in [0.1, 0.15) is 22.0 Å². The Balaban J connectivity index is 1.46. The van der Waals surface area contributed by atoms with Crippen molar-refractivity contribution < 1.29 is 23.5 Å². The third kappa shape index (κ3) is 4.08. The zero-order chi connectivity index (χ0) is 24.7. The van der Waals surface area contributed by atoms with Crippen molar-refractivity contribution >= 4 is 67.3 Å². The zero-order valence-corrected chi connectivity index (χ0v) is 20.0. The summed E-state index contributed by atoms with van der Waals surface area (Å²) in [5.74, 6) is 0.482. The first-order valence-electron chi connectivity index (χ1n) is 10.2. The molecule has 178 valence electrons. The number of urea groups is 1. The molecule has 0 spiro atoms. The molecule has 0 aliphatic carbocycles. The molecular weight excluding hydrogens is 497 g/mol. The number of carbonyl (C=O) groups is 2. The van der Waals surface area contributed by atoms with Gasteiger partial charge in [0.25, 0.3) is 0 Å². The van der Waals surface area contributed by atoms with Crippen LogP contribution in [-0.4, -0.2) is 36.1 Å². The van der Waals surface area contributed by atoms with Crippen molar-refractivity contribution in [1.29, 1.82) is 0 Å². The fourth-order valence-electron chi connectivity index (χ4n) is 3.76. The molecule has 12 heteroatoms. The molecule has 2 aromatic heterocycles. The predicted octanol–water partition coefficient (Wildman–Crippen LogP) is 5.37. The van der Waals surface area contributed by atoms with Gasteiger partial charge in [0.05, 0.1) is 42.4 Å². The van der Waals surface area contributed by atoms with Gasteiger partial charge >= 0.3 is 6.03 Å². The maximum Gasteiger partial charge on any atom is 0.332 e. The minimum Gasteiger partial charge on any atom is -0.493 e. The minimum atomic E-state index is -0.601. The molecule has 0 bridgehead atoms. The Morgan fingerprint density at radius 2 is 1.97 bits per heavy atom. The summed E-state index contributed by atoms with van der Waals surface area (Å²) in [6, 6.07) is 8.63. The number of amides is 3. The molecule has 35 heavy (non-hydrogen) atoms. The SMILES string of the molecule is COc1ccc(CC(=O)Nc2sc3ncnc4c3c2NC(=O)N4c2ccc(F)c(Cl)c2)cc1OC. The Labute approximate surface area is 207 Å². The highest BCUT2D eigenvalue weighted by Gasteiger charge is 2.33. The number of halogens is 2. The Morgan fingerprint density at radius 1 is 1.17 bits per heavy atom.